The van der Waals surface area contributed by atoms with Gasteiger partial charge in [0.2, 0.25) is 5.91 Å². The van der Waals surface area contributed by atoms with Crippen LogP contribution in [0.5, 0.6) is 0 Å². The summed E-state index contributed by atoms with van der Waals surface area (Å²) in [4.78, 5) is 40.5. The Bertz CT molecular complexity index is 1130. The van der Waals surface area contributed by atoms with Gasteiger partial charge in [0.15, 0.2) is 11.6 Å². The van der Waals surface area contributed by atoms with Gasteiger partial charge in [-0.1, -0.05) is 6.07 Å². The van der Waals surface area contributed by atoms with Crippen LogP contribution in [0.4, 0.5) is 13.2 Å². The molecule has 7 nitrogen and oxygen atoms in total. The lowest BCUT2D eigenvalue weighted by atomic mass is 10.0. The summed E-state index contributed by atoms with van der Waals surface area (Å²) in [5.41, 5.74) is 6.23. The number of hydrogen-bond acceptors (Lipinski definition) is 4. The van der Waals surface area contributed by atoms with E-state index >= 15 is 0 Å². The Morgan fingerprint density at radius 1 is 0.971 bits per heavy atom. The van der Waals surface area contributed by atoms with Crippen molar-refractivity contribution in [2.45, 2.75) is 43.8 Å². The van der Waals surface area contributed by atoms with Crippen LogP contribution in [0.15, 0.2) is 36.4 Å². The third-order valence-electron chi connectivity index (χ3n) is 6.42. The van der Waals surface area contributed by atoms with E-state index in [0.717, 1.165) is 6.07 Å². The SMILES string of the molecule is N[C@@H](CC(=O)N1C2CCC1CN(C(=O)c1cccc(C(=O)O)c1)C2)Cc1cc(F)c(F)cc1F. The average molecular weight is 475 g/mol. The molecule has 34 heavy (non-hydrogen) atoms. The molecule has 2 aromatic carbocycles. The lowest BCUT2D eigenvalue weighted by molar-refractivity contribution is -0.136. The van der Waals surface area contributed by atoms with E-state index in [1.807, 2.05) is 0 Å². The number of amides is 2. The number of carbonyl (C=O) groups excluding carboxylic acids is 2. The summed E-state index contributed by atoms with van der Waals surface area (Å²) in [5, 5.41) is 9.16. The molecule has 2 amide bonds. The molecule has 10 heteroatoms. The van der Waals surface area contributed by atoms with Crippen molar-refractivity contribution in [3.8, 4) is 0 Å². The molecular formula is C24H24F3N3O4. The zero-order chi connectivity index (χ0) is 24.6. The van der Waals surface area contributed by atoms with Crippen LogP contribution < -0.4 is 5.73 Å². The van der Waals surface area contributed by atoms with Gasteiger partial charge >= 0.3 is 5.97 Å². The van der Waals surface area contributed by atoms with E-state index in [9.17, 15) is 27.6 Å². The number of carboxylic acids is 1. The first-order chi connectivity index (χ1) is 16.1. The molecule has 180 valence electrons. The van der Waals surface area contributed by atoms with Gasteiger partial charge in [-0.15, -0.1) is 0 Å². The van der Waals surface area contributed by atoms with Gasteiger partial charge in [0.05, 0.1) is 5.56 Å². The predicted molar refractivity (Wildman–Crippen MR) is 116 cm³/mol. The largest absolute Gasteiger partial charge is 0.478 e. The van der Waals surface area contributed by atoms with Crippen molar-refractivity contribution in [1.82, 2.24) is 9.80 Å². The zero-order valence-electron chi connectivity index (χ0n) is 18.2. The van der Waals surface area contributed by atoms with Crippen molar-refractivity contribution in [1.29, 1.82) is 0 Å². The number of fused-ring (bicyclic) bond motifs is 2. The van der Waals surface area contributed by atoms with Gasteiger partial charge in [-0.05, 0) is 49.1 Å². The number of halogens is 3. The molecule has 2 aliphatic heterocycles. The van der Waals surface area contributed by atoms with Crippen molar-refractivity contribution < 1.29 is 32.7 Å². The molecule has 2 saturated heterocycles. The second-order valence-electron chi connectivity index (χ2n) is 8.81. The Kier molecular flexibility index (Phi) is 6.60. The number of nitrogens with zero attached hydrogens (tertiary/aromatic N) is 2. The molecule has 2 fully saturated rings. The van der Waals surface area contributed by atoms with Crippen molar-refractivity contribution in [2.24, 2.45) is 5.73 Å². The highest BCUT2D eigenvalue weighted by Gasteiger charge is 2.44. The second-order valence-corrected chi connectivity index (χ2v) is 8.81. The smallest absolute Gasteiger partial charge is 0.335 e. The molecular weight excluding hydrogens is 451 g/mol. The van der Waals surface area contributed by atoms with E-state index in [0.29, 0.717) is 32.0 Å². The standard InChI is InChI=1S/C24H24F3N3O4/c25-19-10-21(27)20(26)8-15(19)7-16(28)9-22(31)30-17-4-5-18(30)12-29(11-17)23(32)13-2-1-3-14(6-13)24(33)34/h1-3,6,8,10,16-18H,4-5,7,9,11-12,28H2,(H,33,34)/t16-,17?,18?/m1/s1. The molecule has 2 aromatic rings. The third kappa shape index (κ3) is 4.77. The highest BCUT2D eigenvalue weighted by Crippen LogP contribution is 2.32. The van der Waals surface area contributed by atoms with Crippen molar-refractivity contribution in [3.05, 3.63) is 70.5 Å². The van der Waals surface area contributed by atoms with Gasteiger partial charge in [0.1, 0.15) is 5.82 Å². The number of benzene rings is 2. The maximum Gasteiger partial charge on any atom is 0.335 e. The molecule has 0 saturated carbocycles. The number of carboxylic acid groups (broad SMARTS) is 1. The molecule has 2 unspecified atom stereocenters. The minimum Gasteiger partial charge on any atom is -0.478 e. The first-order valence-corrected chi connectivity index (χ1v) is 11.0. The maximum absolute atomic E-state index is 13.9. The average Bonchev–Trinajstić information content (AvgIpc) is 3.06. The number of nitrogens with two attached hydrogens (primary N) is 1. The van der Waals surface area contributed by atoms with Crippen LogP contribution in [0, 0.1) is 17.5 Å². The summed E-state index contributed by atoms with van der Waals surface area (Å²) in [7, 11) is 0. The number of hydrogen-bond donors (Lipinski definition) is 2. The normalized spacial score (nSPS) is 20.4. The van der Waals surface area contributed by atoms with Crippen LogP contribution >= 0.6 is 0 Å². The van der Waals surface area contributed by atoms with Crippen LogP contribution in [-0.4, -0.2) is 63.9 Å². The number of aromatic carboxylic acids is 1. The molecule has 3 N–H and O–H groups in total. The Balaban J connectivity index is 1.39. The molecule has 0 aliphatic carbocycles. The topological polar surface area (TPSA) is 104 Å². The number of piperazine rings is 1. The quantitative estimate of drug-likeness (QED) is 0.625. The van der Waals surface area contributed by atoms with Gasteiger partial charge in [-0.3, -0.25) is 9.59 Å². The van der Waals surface area contributed by atoms with Crippen LogP contribution in [-0.2, 0) is 11.2 Å². The van der Waals surface area contributed by atoms with Gasteiger partial charge in [0, 0.05) is 49.3 Å². The fourth-order valence-electron chi connectivity index (χ4n) is 4.85. The van der Waals surface area contributed by atoms with E-state index in [2.05, 4.69) is 0 Å². The van der Waals surface area contributed by atoms with Gasteiger partial charge in [-0.2, -0.15) is 0 Å². The molecule has 4 rings (SSSR count). The minimum absolute atomic E-state index is 0.0223. The van der Waals surface area contributed by atoms with Crippen LogP contribution in [0.2, 0.25) is 0 Å². The summed E-state index contributed by atoms with van der Waals surface area (Å²) >= 11 is 0. The van der Waals surface area contributed by atoms with E-state index in [-0.39, 0.29) is 53.4 Å². The number of carbonyl (C=O) groups is 3. The number of rotatable bonds is 6. The first kappa shape index (κ1) is 23.7. The second kappa shape index (κ2) is 9.46. The molecule has 2 bridgehead atoms. The van der Waals surface area contributed by atoms with Gasteiger partial charge in [-0.25, -0.2) is 18.0 Å². The summed E-state index contributed by atoms with van der Waals surface area (Å²) < 4.78 is 40.5. The first-order valence-electron chi connectivity index (χ1n) is 11.0. The maximum atomic E-state index is 13.9. The van der Waals surface area contributed by atoms with Crippen LogP contribution in [0.1, 0.15) is 45.5 Å². The molecule has 2 aliphatic rings. The summed E-state index contributed by atoms with van der Waals surface area (Å²) in [6.45, 7) is 0.622. The zero-order valence-corrected chi connectivity index (χ0v) is 18.2. The Hall–Kier alpha value is -3.40. The van der Waals surface area contributed by atoms with E-state index in [1.165, 1.54) is 18.2 Å². The predicted octanol–water partition coefficient (Wildman–Crippen LogP) is 2.58. The number of likely N-dealkylation sites (tertiary alicyclic amines) is 1. The van der Waals surface area contributed by atoms with E-state index in [1.54, 1.807) is 15.9 Å². The van der Waals surface area contributed by atoms with Gasteiger partial charge < -0.3 is 20.6 Å². The van der Waals surface area contributed by atoms with E-state index < -0.39 is 29.5 Å². The lowest BCUT2D eigenvalue weighted by Crippen LogP contribution is -2.57. The van der Waals surface area contributed by atoms with Crippen molar-refractivity contribution in [3.63, 3.8) is 0 Å². The summed E-state index contributed by atoms with van der Waals surface area (Å²) in [6.07, 6.45) is 1.20. The molecule has 0 spiro atoms. The molecule has 0 radical (unpaired) electrons. The Labute approximate surface area is 193 Å². The molecule has 3 atom stereocenters. The third-order valence-corrected chi connectivity index (χ3v) is 6.42. The Morgan fingerprint density at radius 3 is 2.24 bits per heavy atom. The highest BCUT2D eigenvalue weighted by molar-refractivity contribution is 5.97. The minimum atomic E-state index is -1.29. The summed E-state index contributed by atoms with van der Waals surface area (Å²) in [5.74, 6) is -5.03. The molecule has 0 aromatic heterocycles. The summed E-state index contributed by atoms with van der Waals surface area (Å²) in [6, 6.07) is 5.84. The van der Waals surface area contributed by atoms with Crippen LogP contribution in [0.3, 0.4) is 0 Å². The molecule has 2 heterocycles. The highest BCUT2D eigenvalue weighted by atomic mass is 19.2. The fraction of sp³-hybridized carbons (Fsp3) is 0.375. The van der Waals surface area contributed by atoms with Crippen molar-refractivity contribution >= 4 is 17.8 Å². The monoisotopic (exact) mass is 475 g/mol. The van der Waals surface area contributed by atoms with E-state index in [4.69, 9.17) is 10.8 Å². The van der Waals surface area contributed by atoms with Gasteiger partial charge in [0.25, 0.3) is 5.91 Å². The Morgan fingerprint density at radius 2 is 1.59 bits per heavy atom. The lowest BCUT2D eigenvalue weighted by Gasteiger charge is -2.41. The van der Waals surface area contributed by atoms with Crippen LogP contribution in [0.25, 0.3) is 0 Å². The van der Waals surface area contributed by atoms with Crippen molar-refractivity contribution in [2.75, 3.05) is 13.1 Å². The fourth-order valence-corrected chi connectivity index (χ4v) is 4.85.